The number of piperidine rings is 1. The molecule has 0 amide bonds. The summed E-state index contributed by atoms with van der Waals surface area (Å²) in [6.07, 6.45) is 1.84. The van der Waals surface area contributed by atoms with E-state index in [0.717, 1.165) is 30.7 Å². The Kier molecular flexibility index (Phi) is 6.84. The van der Waals surface area contributed by atoms with Crippen LogP contribution in [-0.2, 0) is 10.0 Å². The van der Waals surface area contributed by atoms with Gasteiger partial charge in [0.1, 0.15) is 11.5 Å². The molecule has 5 nitrogen and oxygen atoms in total. The van der Waals surface area contributed by atoms with Gasteiger partial charge in [-0.1, -0.05) is 12.1 Å². The van der Waals surface area contributed by atoms with Crippen LogP contribution in [0.1, 0.15) is 18.4 Å². The summed E-state index contributed by atoms with van der Waals surface area (Å²) in [7, 11) is -3.50. The number of ether oxygens (including phenoxy) is 1. The number of hydrogen-bond donors (Lipinski definition) is 2. The lowest BCUT2D eigenvalue weighted by Gasteiger charge is -2.23. The smallest absolute Gasteiger partial charge is 0.240 e. The Morgan fingerprint density at radius 2 is 1.88 bits per heavy atom. The number of aryl methyl sites for hydroxylation is 1. The molecule has 136 valence electrons. The van der Waals surface area contributed by atoms with Gasteiger partial charge in [-0.25, -0.2) is 13.1 Å². The van der Waals surface area contributed by atoms with E-state index in [0.29, 0.717) is 12.3 Å². The molecule has 2 N–H and O–H groups in total. The van der Waals surface area contributed by atoms with Crippen LogP contribution in [0.2, 0.25) is 0 Å². The summed E-state index contributed by atoms with van der Waals surface area (Å²) in [6, 6.07) is 14.2. The van der Waals surface area contributed by atoms with Crippen molar-refractivity contribution in [1.29, 1.82) is 0 Å². The molecule has 0 aromatic heterocycles. The first kappa shape index (κ1) is 19.7. The number of hydrogen-bond acceptors (Lipinski definition) is 4. The summed E-state index contributed by atoms with van der Waals surface area (Å²) in [5.41, 5.74) is 1.11. The van der Waals surface area contributed by atoms with Crippen LogP contribution in [0.5, 0.6) is 11.5 Å². The maximum atomic E-state index is 12.4. The maximum Gasteiger partial charge on any atom is 0.240 e. The molecule has 0 radical (unpaired) electrons. The Morgan fingerprint density at radius 3 is 2.52 bits per heavy atom. The quantitative estimate of drug-likeness (QED) is 0.833. The molecule has 0 saturated carbocycles. The summed E-state index contributed by atoms with van der Waals surface area (Å²) in [5.74, 6) is 1.34. The van der Waals surface area contributed by atoms with Crippen LogP contribution in [-0.4, -0.2) is 27.5 Å². The van der Waals surface area contributed by atoms with Gasteiger partial charge in [-0.3, -0.25) is 0 Å². The van der Waals surface area contributed by atoms with Crippen LogP contribution in [0.25, 0.3) is 0 Å². The van der Waals surface area contributed by atoms with Gasteiger partial charge in [0.15, 0.2) is 0 Å². The van der Waals surface area contributed by atoms with Gasteiger partial charge < -0.3 is 10.1 Å². The van der Waals surface area contributed by atoms with E-state index in [1.165, 1.54) is 0 Å². The fourth-order valence-electron chi connectivity index (χ4n) is 2.74. The molecule has 2 aromatic carbocycles. The minimum atomic E-state index is -3.50. The highest BCUT2D eigenvalue weighted by atomic mass is 35.5. The number of sulfonamides is 1. The second-order valence-electron chi connectivity index (χ2n) is 6.05. The Labute approximate surface area is 155 Å². The number of nitrogens with one attached hydrogen (secondary N) is 2. The minimum Gasteiger partial charge on any atom is -0.457 e. The average Bonchev–Trinajstić information content (AvgIpc) is 2.56. The zero-order valence-electron chi connectivity index (χ0n) is 14.1. The second-order valence-corrected chi connectivity index (χ2v) is 7.77. The minimum absolute atomic E-state index is 0. The van der Waals surface area contributed by atoms with E-state index in [1.54, 1.807) is 24.3 Å². The highest BCUT2D eigenvalue weighted by Gasteiger charge is 2.21. The highest BCUT2D eigenvalue weighted by molar-refractivity contribution is 7.89. The van der Waals surface area contributed by atoms with Crippen LogP contribution in [0.3, 0.4) is 0 Å². The molecule has 1 atom stereocenters. The van der Waals surface area contributed by atoms with Gasteiger partial charge in [0, 0.05) is 12.6 Å². The third-order valence-electron chi connectivity index (χ3n) is 3.98. The van der Waals surface area contributed by atoms with Crippen LogP contribution >= 0.6 is 12.4 Å². The lowest BCUT2D eigenvalue weighted by molar-refractivity contribution is 0.428. The number of halogens is 1. The van der Waals surface area contributed by atoms with Crippen molar-refractivity contribution in [2.75, 3.05) is 13.1 Å². The molecule has 2 aromatic rings. The van der Waals surface area contributed by atoms with E-state index < -0.39 is 10.0 Å². The molecule has 1 aliphatic rings. The van der Waals surface area contributed by atoms with E-state index in [-0.39, 0.29) is 23.3 Å². The van der Waals surface area contributed by atoms with Gasteiger partial charge in [-0.15, -0.1) is 12.4 Å². The SMILES string of the molecule is Cc1cccc(Oc2ccc(S(=O)(=O)NC3CCCNC3)cc2)c1.Cl. The van der Waals surface area contributed by atoms with Gasteiger partial charge in [-0.2, -0.15) is 0 Å². The van der Waals surface area contributed by atoms with Crippen LogP contribution in [0.15, 0.2) is 53.4 Å². The first-order chi connectivity index (χ1) is 11.5. The van der Waals surface area contributed by atoms with E-state index >= 15 is 0 Å². The van der Waals surface area contributed by atoms with Crippen molar-refractivity contribution in [2.45, 2.75) is 30.7 Å². The molecular formula is C18H23ClN2O3S. The van der Waals surface area contributed by atoms with E-state index in [9.17, 15) is 8.42 Å². The topological polar surface area (TPSA) is 67.4 Å². The van der Waals surface area contributed by atoms with Crippen LogP contribution in [0, 0.1) is 6.92 Å². The fraction of sp³-hybridized carbons (Fsp3) is 0.333. The van der Waals surface area contributed by atoms with Crippen LogP contribution < -0.4 is 14.8 Å². The molecule has 1 heterocycles. The monoisotopic (exact) mass is 382 g/mol. The third-order valence-corrected chi connectivity index (χ3v) is 5.51. The first-order valence-electron chi connectivity index (χ1n) is 8.10. The third kappa shape index (κ3) is 5.44. The largest absolute Gasteiger partial charge is 0.457 e. The highest BCUT2D eigenvalue weighted by Crippen LogP contribution is 2.23. The number of rotatable bonds is 5. The van der Waals surface area contributed by atoms with E-state index in [4.69, 9.17) is 4.74 Å². The van der Waals surface area contributed by atoms with Crippen molar-refractivity contribution < 1.29 is 13.2 Å². The predicted octanol–water partition coefficient (Wildman–Crippen LogP) is 3.24. The molecule has 1 unspecified atom stereocenters. The summed E-state index contributed by atoms with van der Waals surface area (Å²) in [4.78, 5) is 0.254. The van der Waals surface area contributed by atoms with Crippen molar-refractivity contribution in [3.63, 3.8) is 0 Å². The van der Waals surface area contributed by atoms with Gasteiger partial charge >= 0.3 is 0 Å². The van der Waals surface area contributed by atoms with Crippen molar-refractivity contribution >= 4 is 22.4 Å². The Bertz CT molecular complexity index is 788. The molecule has 1 saturated heterocycles. The summed E-state index contributed by atoms with van der Waals surface area (Å²) in [5, 5.41) is 3.20. The van der Waals surface area contributed by atoms with Gasteiger partial charge in [0.05, 0.1) is 4.90 Å². The van der Waals surface area contributed by atoms with Gasteiger partial charge in [0.25, 0.3) is 0 Å². The standard InChI is InChI=1S/C18H22N2O3S.ClH/c1-14-4-2-6-17(12-14)23-16-7-9-18(10-8-16)24(21,22)20-15-5-3-11-19-13-15;/h2,4,6-10,12,15,19-20H,3,5,11,13H2,1H3;1H. The second kappa shape index (κ2) is 8.67. The lowest BCUT2D eigenvalue weighted by Crippen LogP contribution is -2.45. The predicted molar refractivity (Wildman–Crippen MR) is 101 cm³/mol. The van der Waals surface area contributed by atoms with Crippen molar-refractivity contribution in [3.05, 3.63) is 54.1 Å². The molecule has 7 heteroatoms. The molecule has 3 rings (SSSR count). The summed E-state index contributed by atoms with van der Waals surface area (Å²) >= 11 is 0. The Morgan fingerprint density at radius 1 is 1.12 bits per heavy atom. The number of benzene rings is 2. The Hall–Kier alpha value is -1.60. The average molecular weight is 383 g/mol. The van der Waals surface area contributed by atoms with Gasteiger partial charge in [-0.05, 0) is 68.3 Å². The fourth-order valence-corrected chi connectivity index (χ4v) is 4.01. The van der Waals surface area contributed by atoms with Crippen molar-refractivity contribution in [3.8, 4) is 11.5 Å². The maximum absolute atomic E-state index is 12.4. The Balaban J connectivity index is 0.00000225. The first-order valence-corrected chi connectivity index (χ1v) is 9.59. The van der Waals surface area contributed by atoms with Gasteiger partial charge in [0.2, 0.25) is 10.0 Å². The molecule has 1 fully saturated rings. The molecule has 0 bridgehead atoms. The molecule has 0 spiro atoms. The molecule has 0 aliphatic carbocycles. The van der Waals surface area contributed by atoms with Crippen molar-refractivity contribution in [1.82, 2.24) is 10.0 Å². The summed E-state index contributed by atoms with van der Waals surface area (Å²) in [6.45, 7) is 3.62. The summed E-state index contributed by atoms with van der Waals surface area (Å²) < 4.78 is 33.4. The van der Waals surface area contributed by atoms with E-state index in [1.807, 2.05) is 31.2 Å². The van der Waals surface area contributed by atoms with Crippen LogP contribution in [0.4, 0.5) is 0 Å². The lowest BCUT2D eigenvalue weighted by atomic mass is 10.1. The molecule has 1 aliphatic heterocycles. The molecule has 25 heavy (non-hydrogen) atoms. The zero-order chi connectivity index (χ0) is 17.0. The van der Waals surface area contributed by atoms with E-state index in [2.05, 4.69) is 10.0 Å². The zero-order valence-corrected chi connectivity index (χ0v) is 15.7. The molecular weight excluding hydrogens is 360 g/mol. The van der Waals surface area contributed by atoms with Crippen molar-refractivity contribution in [2.24, 2.45) is 0 Å². The normalized spacial score (nSPS) is 17.6.